The average molecular weight is 315 g/mol. The third kappa shape index (κ3) is 3.10. The Kier molecular flexibility index (Phi) is 4.14. The third-order valence-electron chi connectivity index (χ3n) is 4.25. The lowest BCUT2D eigenvalue weighted by Crippen LogP contribution is -2.55. The molecule has 0 bridgehead atoms. The second kappa shape index (κ2) is 6.23. The molecule has 122 valence electrons. The van der Waals surface area contributed by atoms with Crippen molar-refractivity contribution in [2.75, 3.05) is 30.3 Å². The molecule has 1 aliphatic heterocycles. The number of nitrogens with zero attached hydrogens (tertiary/aromatic N) is 6. The van der Waals surface area contributed by atoms with Gasteiger partial charge in [-0.3, -0.25) is 4.79 Å². The van der Waals surface area contributed by atoms with Crippen LogP contribution < -0.4 is 10.6 Å². The molecule has 0 spiro atoms. The summed E-state index contributed by atoms with van der Waals surface area (Å²) in [5.41, 5.74) is 8.10. The van der Waals surface area contributed by atoms with Crippen LogP contribution in [0.15, 0.2) is 24.3 Å². The number of nitrogens with two attached hydrogens (primary N) is 1. The van der Waals surface area contributed by atoms with Crippen LogP contribution >= 0.6 is 0 Å². The minimum atomic E-state index is -0.0130. The maximum atomic E-state index is 12.5. The van der Waals surface area contributed by atoms with E-state index in [2.05, 4.69) is 46.4 Å². The second-order valence-electron chi connectivity index (χ2n) is 5.86. The molecule has 1 aromatic carbocycles. The predicted molar refractivity (Wildman–Crippen MR) is 86.8 cm³/mol. The molecule has 1 amide bonds. The number of tetrazole rings is 1. The van der Waals surface area contributed by atoms with Crippen molar-refractivity contribution in [2.45, 2.75) is 26.4 Å². The monoisotopic (exact) mass is 315 g/mol. The maximum absolute atomic E-state index is 12.5. The molecule has 0 radical (unpaired) electrons. The van der Waals surface area contributed by atoms with E-state index in [0.717, 1.165) is 13.1 Å². The number of aryl methyl sites for hydroxylation is 1. The van der Waals surface area contributed by atoms with Crippen LogP contribution in [0.5, 0.6) is 0 Å². The number of aromatic nitrogens is 4. The first-order valence-corrected chi connectivity index (χ1v) is 7.68. The molecule has 1 fully saturated rings. The Bertz CT molecular complexity index is 699. The Hall–Kier alpha value is -2.64. The lowest BCUT2D eigenvalue weighted by Gasteiger charge is -2.41. The van der Waals surface area contributed by atoms with Crippen molar-refractivity contribution in [1.82, 2.24) is 25.1 Å². The highest BCUT2D eigenvalue weighted by atomic mass is 16.2. The van der Waals surface area contributed by atoms with Gasteiger partial charge in [0.15, 0.2) is 0 Å². The molecule has 8 nitrogen and oxygen atoms in total. The molecule has 0 unspecified atom stereocenters. The molecule has 2 N–H and O–H groups in total. The van der Waals surface area contributed by atoms with Gasteiger partial charge in [0.1, 0.15) is 6.54 Å². The second-order valence-corrected chi connectivity index (χ2v) is 5.86. The number of nitrogen functional groups attached to an aromatic ring is 1. The summed E-state index contributed by atoms with van der Waals surface area (Å²) in [5, 5.41) is 10.8. The molecule has 23 heavy (non-hydrogen) atoms. The summed E-state index contributed by atoms with van der Waals surface area (Å²) in [7, 11) is 0. The lowest BCUT2D eigenvalue weighted by molar-refractivity contribution is -0.134. The third-order valence-corrected chi connectivity index (χ3v) is 4.25. The fourth-order valence-electron chi connectivity index (χ4n) is 3.01. The zero-order valence-corrected chi connectivity index (χ0v) is 13.4. The first kappa shape index (κ1) is 15.3. The van der Waals surface area contributed by atoms with Crippen molar-refractivity contribution in [3.05, 3.63) is 29.8 Å². The number of carbonyl (C=O) groups is 1. The molecule has 0 saturated carbocycles. The van der Waals surface area contributed by atoms with E-state index in [1.54, 1.807) is 0 Å². The van der Waals surface area contributed by atoms with Crippen molar-refractivity contribution in [3.63, 3.8) is 0 Å². The molecule has 1 aromatic heterocycles. The van der Waals surface area contributed by atoms with Crippen molar-refractivity contribution in [3.8, 4) is 0 Å². The summed E-state index contributed by atoms with van der Waals surface area (Å²) in [6.45, 7) is 6.54. The van der Waals surface area contributed by atoms with E-state index in [9.17, 15) is 4.79 Å². The first-order valence-electron chi connectivity index (χ1n) is 7.68. The molecule has 1 aliphatic rings. The Morgan fingerprint density at radius 1 is 1.35 bits per heavy atom. The van der Waals surface area contributed by atoms with E-state index in [0.29, 0.717) is 6.54 Å². The molecule has 2 aromatic rings. The summed E-state index contributed by atoms with van der Waals surface area (Å²) >= 11 is 0. The number of hydrogen-bond acceptors (Lipinski definition) is 6. The van der Waals surface area contributed by atoms with E-state index in [-0.39, 0.29) is 24.4 Å². The van der Waals surface area contributed by atoms with Gasteiger partial charge in [-0.2, -0.15) is 0 Å². The number of amides is 1. The van der Waals surface area contributed by atoms with E-state index < -0.39 is 0 Å². The summed E-state index contributed by atoms with van der Waals surface area (Å²) in [6, 6.07) is 8.44. The quantitative estimate of drug-likeness (QED) is 0.876. The number of hydrogen-bond donors (Lipinski definition) is 1. The van der Waals surface area contributed by atoms with Crippen LogP contribution in [0.25, 0.3) is 0 Å². The zero-order valence-electron chi connectivity index (χ0n) is 13.4. The Labute approximate surface area is 134 Å². The number of carbonyl (C=O) groups excluding carboxylic acids is 1. The number of benzene rings is 1. The molecule has 1 saturated heterocycles. The number of piperazine rings is 1. The van der Waals surface area contributed by atoms with Crippen LogP contribution in [0.3, 0.4) is 0 Å². The molecule has 0 aliphatic carbocycles. The standard InChI is InChI=1S/C15H21N7O/c1-11-5-3-4-6-13(11)20-7-8-21(12(2)9-20)14(23)10-22-15(16)17-18-19-22/h3-6,12H,7-10H2,1-2H3,(H2,16,17,19)/t12-/m1/s1. The summed E-state index contributed by atoms with van der Waals surface area (Å²) in [4.78, 5) is 16.7. The van der Waals surface area contributed by atoms with Crippen LogP contribution in [0, 0.1) is 6.92 Å². The van der Waals surface area contributed by atoms with Gasteiger partial charge in [0.05, 0.1) is 0 Å². The van der Waals surface area contributed by atoms with Gasteiger partial charge in [-0.25, -0.2) is 4.68 Å². The van der Waals surface area contributed by atoms with Gasteiger partial charge in [0.25, 0.3) is 0 Å². The number of para-hydroxylation sites is 1. The highest BCUT2D eigenvalue weighted by molar-refractivity contribution is 5.77. The molecule has 1 atom stereocenters. The van der Waals surface area contributed by atoms with Gasteiger partial charge in [-0.15, -0.1) is 0 Å². The predicted octanol–water partition coefficient (Wildman–Crippen LogP) is 0.301. The van der Waals surface area contributed by atoms with Crippen LogP contribution in [0.2, 0.25) is 0 Å². The van der Waals surface area contributed by atoms with E-state index >= 15 is 0 Å². The van der Waals surface area contributed by atoms with Gasteiger partial charge in [0, 0.05) is 31.4 Å². The van der Waals surface area contributed by atoms with Crippen LogP contribution in [0.4, 0.5) is 11.6 Å². The molecule has 2 heterocycles. The van der Waals surface area contributed by atoms with Gasteiger partial charge in [-0.1, -0.05) is 23.3 Å². The van der Waals surface area contributed by atoms with Crippen molar-refractivity contribution < 1.29 is 4.79 Å². The topological polar surface area (TPSA) is 93.2 Å². The molecular weight excluding hydrogens is 294 g/mol. The SMILES string of the molecule is Cc1ccccc1N1CCN(C(=O)Cn2nnnc2N)[C@H](C)C1. The van der Waals surface area contributed by atoms with Crippen LogP contribution in [-0.2, 0) is 11.3 Å². The zero-order chi connectivity index (χ0) is 16.4. The van der Waals surface area contributed by atoms with E-state index in [1.165, 1.54) is 15.9 Å². The van der Waals surface area contributed by atoms with E-state index in [4.69, 9.17) is 5.73 Å². The maximum Gasteiger partial charge on any atom is 0.244 e. The highest BCUT2D eigenvalue weighted by Gasteiger charge is 2.28. The average Bonchev–Trinajstić information content (AvgIpc) is 2.92. The largest absolute Gasteiger partial charge is 0.367 e. The summed E-state index contributed by atoms with van der Waals surface area (Å²) in [5.74, 6) is 0.144. The highest BCUT2D eigenvalue weighted by Crippen LogP contribution is 2.23. The first-order chi connectivity index (χ1) is 11.1. The number of anilines is 2. The molecular formula is C15H21N7O. The summed E-state index contributed by atoms with van der Waals surface area (Å²) < 4.78 is 1.32. The van der Waals surface area contributed by atoms with Gasteiger partial charge in [0.2, 0.25) is 11.9 Å². The van der Waals surface area contributed by atoms with Gasteiger partial charge >= 0.3 is 0 Å². The smallest absolute Gasteiger partial charge is 0.244 e. The van der Waals surface area contributed by atoms with Gasteiger partial charge < -0.3 is 15.5 Å². The molecule has 8 heteroatoms. The fraction of sp³-hybridized carbons (Fsp3) is 0.467. The minimum absolute atomic E-state index is 0.0130. The van der Waals surface area contributed by atoms with E-state index in [1.807, 2.05) is 17.0 Å². The van der Waals surface area contributed by atoms with Crippen molar-refractivity contribution in [1.29, 1.82) is 0 Å². The minimum Gasteiger partial charge on any atom is -0.367 e. The van der Waals surface area contributed by atoms with Crippen LogP contribution in [0.1, 0.15) is 12.5 Å². The normalized spacial score (nSPS) is 18.3. The van der Waals surface area contributed by atoms with Crippen molar-refractivity contribution in [2.24, 2.45) is 0 Å². The molecule has 3 rings (SSSR count). The number of rotatable bonds is 3. The van der Waals surface area contributed by atoms with Crippen molar-refractivity contribution >= 4 is 17.5 Å². The summed E-state index contributed by atoms with van der Waals surface area (Å²) in [6.07, 6.45) is 0. The van der Waals surface area contributed by atoms with Gasteiger partial charge in [-0.05, 0) is 35.9 Å². The Balaban J connectivity index is 1.66. The lowest BCUT2D eigenvalue weighted by atomic mass is 10.1. The Morgan fingerprint density at radius 2 is 2.13 bits per heavy atom. The Morgan fingerprint density at radius 3 is 2.78 bits per heavy atom. The fourth-order valence-corrected chi connectivity index (χ4v) is 3.01. The van der Waals surface area contributed by atoms with Crippen LogP contribution in [-0.4, -0.2) is 56.7 Å².